The summed E-state index contributed by atoms with van der Waals surface area (Å²) in [6.07, 6.45) is 9.01. The Morgan fingerprint density at radius 1 is 1.22 bits per heavy atom. The molecule has 5 heteroatoms. The number of hydrogen-bond acceptors (Lipinski definition) is 4. The van der Waals surface area contributed by atoms with Crippen LogP contribution >= 0.6 is 0 Å². The highest BCUT2D eigenvalue weighted by atomic mass is 16.2. The van der Waals surface area contributed by atoms with E-state index in [0.717, 1.165) is 19.4 Å². The summed E-state index contributed by atoms with van der Waals surface area (Å²) in [7, 11) is 0. The van der Waals surface area contributed by atoms with E-state index in [2.05, 4.69) is 9.97 Å². The third kappa shape index (κ3) is 1.94. The first kappa shape index (κ1) is 11.4. The summed E-state index contributed by atoms with van der Waals surface area (Å²) in [6.45, 7) is 0.861. The predicted octanol–water partition coefficient (Wildman–Crippen LogP) is 1.46. The van der Waals surface area contributed by atoms with Gasteiger partial charge in [-0.1, -0.05) is 12.8 Å². The molecule has 1 saturated heterocycles. The van der Waals surface area contributed by atoms with Crippen LogP contribution in [-0.4, -0.2) is 33.4 Å². The summed E-state index contributed by atoms with van der Waals surface area (Å²) >= 11 is 0. The molecule has 18 heavy (non-hydrogen) atoms. The van der Waals surface area contributed by atoms with E-state index in [-0.39, 0.29) is 5.91 Å². The van der Waals surface area contributed by atoms with Crippen LogP contribution in [0.15, 0.2) is 12.4 Å². The van der Waals surface area contributed by atoms with Gasteiger partial charge in [0.15, 0.2) is 0 Å². The van der Waals surface area contributed by atoms with E-state index in [1.54, 1.807) is 0 Å². The Kier molecular flexibility index (Phi) is 2.89. The van der Waals surface area contributed by atoms with Crippen molar-refractivity contribution in [3.63, 3.8) is 0 Å². The van der Waals surface area contributed by atoms with Crippen LogP contribution in [0, 0.1) is 5.92 Å². The number of carbonyl (C=O) groups is 1. The Bertz CT molecular complexity index is 445. The second-order valence-corrected chi connectivity index (χ2v) is 5.23. The van der Waals surface area contributed by atoms with Crippen molar-refractivity contribution in [2.75, 3.05) is 12.3 Å². The minimum atomic E-state index is 0.0110. The molecule has 5 nitrogen and oxygen atoms in total. The van der Waals surface area contributed by atoms with E-state index in [1.807, 2.05) is 4.90 Å². The Hall–Kier alpha value is -1.65. The van der Waals surface area contributed by atoms with Crippen molar-refractivity contribution in [2.24, 2.45) is 5.92 Å². The molecule has 0 bridgehead atoms. The number of fused-ring (bicyclic) bond motifs is 1. The van der Waals surface area contributed by atoms with Crippen LogP contribution in [0.2, 0.25) is 0 Å². The van der Waals surface area contributed by atoms with Crippen molar-refractivity contribution in [1.29, 1.82) is 0 Å². The van der Waals surface area contributed by atoms with Crippen LogP contribution in [0.25, 0.3) is 0 Å². The molecule has 2 fully saturated rings. The average molecular weight is 246 g/mol. The topological polar surface area (TPSA) is 72.1 Å². The zero-order valence-electron chi connectivity index (χ0n) is 10.4. The van der Waals surface area contributed by atoms with Gasteiger partial charge >= 0.3 is 0 Å². The number of carbonyl (C=O) groups excluding carboxylic acids is 1. The van der Waals surface area contributed by atoms with E-state index in [4.69, 9.17) is 5.73 Å². The lowest BCUT2D eigenvalue weighted by atomic mass is 9.85. The average Bonchev–Trinajstić information content (AvgIpc) is 2.82. The molecule has 2 unspecified atom stereocenters. The molecule has 0 aromatic carbocycles. The molecule has 2 N–H and O–H groups in total. The van der Waals surface area contributed by atoms with Crippen molar-refractivity contribution in [3.8, 4) is 0 Å². The van der Waals surface area contributed by atoms with Gasteiger partial charge in [-0.3, -0.25) is 4.79 Å². The Balaban J connectivity index is 1.78. The van der Waals surface area contributed by atoms with E-state index >= 15 is 0 Å². The molecule has 1 aromatic rings. The summed E-state index contributed by atoms with van der Waals surface area (Å²) in [5.74, 6) is 1.06. The number of nitrogens with two attached hydrogens (primary N) is 1. The number of nitrogens with zero attached hydrogens (tertiary/aromatic N) is 3. The van der Waals surface area contributed by atoms with Gasteiger partial charge in [0.1, 0.15) is 11.5 Å². The van der Waals surface area contributed by atoms with Gasteiger partial charge in [-0.25, -0.2) is 9.97 Å². The first-order chi connectivity index (χ1) is 8.75. The third-order valence-electron chi connectivity index (χ3n) is 4.16. The van der Waals surface area contributed by atoms with Crippen molar-refractivity contribution in [1.82, 2.24) is 14.9 Å². The lowest BCUT2D eigenvalue weighted by molar-refractivity contribution is 0.0683. The number of nitrogen functional groups attached to an aromatic ring is 1. The maximum absolute atomic E-state index is 12.4. The van der Waals surface area contributed by atoms with Gasteiger partial charge in [0.2, 0.25) is 0 Å². The van der Waals surface area contributed by atoms with Crippen molar-refractivity contribution >= 4 is 11.7 Å². The molecule has 1 aliphatic carbocycles. The maximum atomic E-state index is 12.4. The molecule has 1 saturated carbocycles. The van der Waals surface area contributed by atoms with Crippen molar-refractivity contribution in [2.45, 2.75) is 38.1 Å². The SMILES string of the molecule is Nc1cnc(C(=O)N2CCC3CCCCC32)cn1. The Morgan fingerprint density at radius 3 is 2.83 bits per heavy atom. The first-order valence-electron chi connectivity index (χ1n) is 6.64. The lowest BCUT2D eigenvalue weighted by Gasteiger charge is -2.31. The van der Waals surface area contributed by atoms with E-state index in [1.165, 1.54) is 31.7 Å². The number of rotatable bonds is 1. The van der Waals surface area contributed by atoms with Gasteiger partial charge in [0.25, 0.3) is 5.91 Å². The van der Waals surface area contributed by atoms with Gasteiger partial charge in [0.05, 0.1) is 12.4 Å². The fourth-order valence-electron chi connectivity index (χ4n) is 3.25. The van der Waals surface area contributed by atoms with Crippen LogP contribution in [-0.2, 0) is 0 Å². The quantitative estimate of drug-likeness (QED) is 0.814. The molecule has 0 radical (unpaired) electrons. The van der Waals surface area contributed by atoms with Gasteiger partial charge in [-0.05, 0) is 25.2 Å². The van der Waals surface area contributed by atoms with Crippen molar-refractivity contribution < 1.29 is 4.79 Å². The second kappa shape index (κ2) is 4.55. The lowest BCUT2D eigenvalue weighted by Crippen LogP contribution is -2.39. The predicted molar refractivity (Wildman–Crippen MR) is 67.8 cm³/mol. The van der Waals surface area contributed by atoms with E-state index in [0.29, 0.717) is 23.5 Å². The normalized spacial score (nSPS) is 27.0. The molecule has 1 aromatic heterocycles. The van der Waals surface area contributed by atoms with E-state index < -0.39 is 0 Å². The molecular weight excluding hydrogens is 228 g/mol. The molecule has 0 spiro atoms. The minimum Gasteiger partial charge on any atom is -0.382 e. The zero-order valence-corrected chi connectivity index (χ0v) is 10.4. The highest BCUT2D eigenvalue weighted by molar-refractivity contribution is 5.92. The van der Waals surface area contributed by atoms with Crippen LogP contribution in [0.4, 0.5) is 5.82 Å². The summed E-state index contributed by atoms with van der Waals surface area (Å²) in [5.41, 5.74) is 5.90. The van der Waals surface area contributed by atoms with Gasteiger partial charge in [-0.2, -0.15) is 0 Å². The number of anilines is 1. The monoisotopic (exact) mass is 246 g/mol. The molecular formula is C13H18N4O. The minimum absolute atomic E-state index is 0.0110. The number of hydrogen-bond donors (Lipinski definition) is 1. The van der Waals surface area contributed by atoms with Crippen LogP contribution in [0.3, 0.4) is 0 Å². The molecule has 3 rings (SSSR count). The molecule has 96 valence electrons. The van der Waals surface area contributed by atoms with Crippen LogP contribution in [0.5, 0.6) is 0 Å². The fourth-order valence-corrected chi connectivity index (χ4v) is 3.25. The number of likely N-dealkylation sites (tertiary alicyclic amines) is 1. The summed E-state index contributed by atoms with van der Waals surface area (Å²) in [4.78, 5) is 22.4. The second-order valence-electron chi connectivity index (χ2n) is 5.23. The highest BCUT2D eigenvalue weighted by Crippen LogP contribution is 2.36. The van der Waals surface area contributed by atoms with Crippen LogP contribution < -0.4 is 5.73 Å². The highest BCUT2D eigenvalue weighted by Gasteiger charge is 2.38. The molecule has 2 atom stereocenters. The molecule has 1 aliphatic heterocycles. The maximum Gasteiger partial charge on any atom is 0.274 e. The Labute approximate surface area is 106 Å². The van der Waals surface area contributed by atoms with Gasteiger partial charge < -0.3 is 10.6 Å². The molecule has 2 heterocycles. The number of aromatic nitrogens is 2. The van der Waals surface area contributed by atoms with Gasteiger partial charge in [-0.15, -0.1) is 0 Å². The largest absolute Gasteiger partial charge is 0.382 e. The fraction of sp³-hybridized carbons (Fsp3) is 0.615. The summed E-state index contributed by atoms with van der Waals surface area (Å²) < 4.78 is 0. The standard InChI is InChI=1S/C13H18N4O/c14-12-8-15-10(7-16-12)13(18)17-6-5-9-3-1-2-4-11(9)17/h7-9,11H,1-6H2,(H2,14,16). The third-order valence-corrected chi connectivity index (χ3v) is 4.16. The summed E-state index contributed by atoms with van der Waals surface area (Å²) in [6, 6.07) is 0.422. The molecule has 2 aliphatic rings. The van der Waals surface area contributed by atoms with Crippen molar-refractivity contribution in [3.05, 3.63) is 18.1 Å². The smallest absolute Gasteiger partial charge is 0.274 e. The number of amides is 1. The van der Waals surface area contributed by atoms with Gasteiger partial charge in [0, 0.05) is 12.6 Å². The summed E-state index contributed by atoms with van der Waals surface area (Å²) in [5, 5.41) is 0. The van der Waals surface area contributed by atoms with Crippen LogP contribution in [0.1, 0.15) is 42.6 Å². The molecule has 1 amide bonds. The van der Waals surface area contributed by atoms with E-state index in [9.17, 15) is 4.79 Å². The Morgan fingerprint density at radius 2 is 2.06 bits per heavy atom. The zero-order chi connectivity index (χ0) is 12.5. The first-order valence-corrected chi connectivity index (χ1v) is 6.64.